The van der Waals surface area contributed by atoms with Gasteiger partial charge in [0.2, 0.25) is 0 Å². The zero-order valence-electron chi connectivity index (χ0n) is 9.61. The number of aliphatic hydroxyl groups is 3. The molecule has 2 heterocycles. The standard InChI is InChI=1S/C10H14N2O6/c1-4-2-12(10(17)11-8(4)16)9-7(15)6(14)5(3-13)18-9/h2,5-7,9,13-15H,3H2,1H3,(H,11,16,17)/t5-,6-,7-,9+/m1/s1. The highest BCUT2D eigenvalue weighted by Gasteiger charge is 2.43. The molecular formula is C10H14N2O6. The van der Waals surface area contributed by atoms with E-state index in [1.54, 1.807) is 0 Å². The van der Waals surface area contributed by atoms with Crippen LogP contribution in [-0.4, -0.2) is 49.8 Å². The van der Waals surface area contributed by atoms with Gasteiger partial charge in [-0.15, -0.1) is 0 Å². The summed E-state index contributed by atoms with van der Waals surface area (Å²) in [5.74, 6) is 0. The molecule has 1 aromatic rings. The topological polar surface area (TPSA) is 125 Å². The smallest absolute Gasteiger partial charge is 0.330 e. The van der Waals surface area contributed by atoms with Gasteiger partial charge in [0.25, 0.3) is 5.56 Å². The number of aliphatic hydroxyl groups excluding tert-OH is 3. The van der Waals surface area contributed by atoms with Crippen molar-refractivity contribution in [1.29, 1.82) is 0 Å². The first-order valence-electron chi connectivity index (χ1n) is 5.40. The summed E-state index contributed by atoms with van der Waals surface area (Å²) < 4.78 is 6.17. The van der Waals surface area contributed by atoms with Crippen LogP contribution in [0, 0.1) is 6.92 Å². The van der Waals surface area contributed by atoms with Crippen molar-refractivity contribution in [3.63, 3.8) is 0 Å². The van der Waals surface area contributed by atoms with Crippen molar-refractivity contribution in [1.82, 2.24) is 9.55 Å². The van der Waals surface area contributed by atoms with Crippen molar-refractivity contribution in [2.75, 3.05) is 6.61 Å². The highest BCUT2D eigenvalue weighted by atomic mass is 16.6. The first kappa shape index (κ1) is 13.0. The predicted molar refractivity (Wildman–Crippen MR) is 59.1 cm³/mol. The normalized spacial score (nSPS) is 31.8. The van der Waals surface area contributed by atoms with Gasteiger partial charge in [0.05, 0.1) is 6.61 Å². The number of hydrogen-bond donors (Lipinski definition) is 4. The van der Waals surface area contributed by atoms with E-state index >= 15 is 0 Å². The lowest BCUT2D eigenvalue weighted by Crippen LogP contribution is -2.38. The van der Waals surface area contributed by atoms with E-state index in [4.69, 9.17) is 9.84 Å². The molecular weight excluding hydrogens is 244 g/mol. The molecule has 4 N–H and O–H groups in total. The Hall–Kier alpha value is -1.48. The maximum Gasteiger partial charge on any atom is 0.330 e. The van der Waals surface area contributed by atoms with E-state index in [1.165, 1.54) is 13.1 Å². The third-order valence-corrected chi connectivity index (χ3v) is 2.94. The Balaban J connectivity index is 2.42. The monoisotopic (exact) mass is 258 g/mol. The molecule has 0 amide bonds. The molecule has 0 aromatic carbocycles. The SMILES string of the molecule is Cc1cn([C@H]2O[C@H](CO)[C@@H](O)[C@H]2O)c(=O)[nH]c1=O. The second-order valence-electron chi connectivity index (χ2n) is 4.21. The van der Waals surface area contributed by atoms with Gasteiger partial charge in [-0.05, 0) is 6.92 Å². The lowest BCUT2D eigenvalue weighted by Gasteiger charge is -2.17. The van der Waals surface area contributed by atoms with Gasteiger partial charge in [-0.25, -0.2) is 4.79 Å². The fourth-order valence-electron chi connectivity index (χ4n) is 1.88. The van der Waals surface area contributed by atoms with E-state index < -0.39 is 42.4 Å². The molecule has 18 heavy (non-hydrogen) atoms. The molecule has 8 heteroatoms. The van der Waals surface area contributed by atoms with Gasteiger partial charge in [0.1, 0.15) is 18.3 Å². The molecule has 0 aliphatic carbocycles. The van der Waals surface area contributed by atoms with Crippen LogP contribution in [-0.2, 0) is 4.74 Å². The molecule has 0 saturated carbocycles. The summed E-state index contributed by atoms with van der Waals surface area (Å²) in [6.07, 6.45) is -3.52. The molecule has 1 fully saturated rings. The van der Waals surface area contributed by atoms with Crippen LogP contribution in [0.15, 0.2) is 15.8 Å². The minimum atomic E-state index is -1.36. The quantitative estimate of drug-likeness (QED) is 0.463. The van der Waals surface area contributed by atoms with E-state index in [0.717, 1.165) is 4.57 Å². The highest BCUT2D eigenvalue weighted by molar-refractivity contribution is 5.03. The van der Waals surface area contributed by atoms with Crippen molar-refractivity contribution in [3.8, 4) is 0 Å². The van der Waals surface area contributed by atoms with Crippen LogP contribution >= 0.6 is 0 Å². The number of nitrogens with zero attached hydrogens (tertiary/aromatic N) is 1. The van der Waals surface area contributed by atoms with Crippen molar-refractivity contribution >= 4 is 0 Å². The molecule has 0 spiro atoms. The maximum absolute atomic E-state index is 11.6. The summed E-state index contributed by atoms with van der Waals surface area (Å²) in [5.41, 5.74) is -1.00. The molecule has 1 aromatic heterocycles. The molecule has 100 valence electrons. The summed E-state index contributed by atoms with van der Waals surface area (Å²) in [4.78, 5) is 24.9. The van der Waals surface area contributed by atoms with Crippen molar-refractivity contribution in [2.45, 2.75) is 31.5 Å². The van der Waals surface area contributed by atoms with Crippen LogP contribution in [0.3, 0.4) is 0 Å². The molecule has 0 unspecified atom stereocenters. The summed E-state index contributed by atoms with van der Waals surface area (Å²) in [5, 5.41) is 28.3. The van der Waals surface area contributed by atoms with Crippen molar-refractivity contribution in [3.05, 3.63) is 32.6 Å². The van der Waals surface area contributed by atoms with E-state index in [2.05, 4.69) is 4.98 Å². The van der Waals surface area contributed by atoms with Crippen LogP contribution in [0.1, 0.15) is 11.8 Å². The van der Waals surface area contributed by atoms with Gasteiger partial charge in [-0.1, -0.05) is 0 Å². The Kier molecular flexibility index (Phi) is 3.35. The Morgan fingerprint density at radius 3 is 2.61 bits per heavy atom. The first-order chi connectivity index (χ1) is 8.45. The number of aromatic amines is 1. The molecule has 8 nitrogen and oxygen atoms in total. The predicted octanol–water partition coefficient (Wildman–Crippen LogP) is -2.54. The maximum atomic E-state index is 11.6. The fraction of sp³-hybridized carbons (Fsp3) is 0.600. The van der Waals surface area contributed by atoms with Gasteiger partial charge < -0.3 is 20.1 Å². The molecule has 2 rings (SSSR count). The van der Waals surface area contributed by atoms with Crippen LogP contribution in [0.4, 0.5) is 0 Å². The van der Waals surface area contributed by atoms with Gasteiger partial charge in [0, 0.05) is 11.8 Å². The molecule has 1 aliphatic heterocycles. The average molecular weight is 258 g/mol. The van der Waals surface area contributed by atoms with E-state index in [0.29, 0.717) is 0 Å². The van der Waals surface area contributed by atoms with Crippen LogP contribution < -0.4 is 11.2 Å². The van der Waals surface area contributed by atoms with Crippen molar-refractivity contribution < 1.29 is 20.1 Å². The number of aryl methyl sites for hydroxylation is 1. The Labute approximate surface area is 101 Å². The number of nitrogens with one attached hydrogen (secondary N) is 1. The molecule has 4 atom stereocenters. The van der Waals surface area contributed by atoms with Crippen LogP contribution in [0.25, 0.3) is 0 Å². The minimum Gasteiger partial charge on any atom is -0.394 e. The average Bonchev–Trinajstić information content (AvgIpc) is 2.61. The van der Waals surface area contributed by atoms with Crippen LogP contribution in [0.5, 0.6) is 0 Å². The Bertz CT molecular complexity index is 550. The van der Waals surface area contributed by atoms with Gasteiger partial charge in [0.15, 0.2) is 6.23 Å². The van der Waals surface area contributed by atoms with E-state index in [9.17, 15) is 19.8 Å². The summed E-state index contributed by atoms with van der Waals surface area (Å²) >= 11 is 0. The first-order valence-corrected chi connectivity index (χ1v) is 5.40. The van der Waals surface area contributed by atoms with Gasteiger partial charge >= 0.3 is 5.69 Å². The number of rotatable bonds is 2. The Morgan fingerprint density at radius 1 is 1.39 bits per heavy atom. The van der Waals surface area contributed by atoms with Crippen molar-refractivity contribution in [2.24, 2.45) is 0 Å². The molecule has 1 saturated heterocycles. The Morgan fingerprint density at radius 2 is 2.06 bits per heavy atom. The van der Waals surface area contributed by atoms with Gasteiger partial charge in [-0.2, -0.15) is 0 Å². The molecule has 0 radical (unpaired) electrons. The number of H-pyrrole nitrogens is 1. The van der Waals surface area contributed by atoms with E-state index in [-0.39, 0.29) is 5.56 Å². The second-order valence-corrected chi connectivity index (χ2v) is 4.21. The fourth-order valence-corrected chi connectivity index (χ4v) is 1.88. The second kappa shape index (κ2) is 4.65. The lowest BCUT2D eigenvalue weighted by atomic mass is 10.1. The molecule has 1 aliphatic rings. The summed E-state index contributed by atoms with van der Waals surface area (Å²) in [6.45, 7) is 1.02. The summed E-state index contributed by atoms with van der Waals surface area (Å²) in [7, 11) is 0. The zero-order chi connectivity index (χ0) is 13.4. The minimum absolute atomic E-state index is 0.271. The van der Waals surface area contributed by atoms with Crippen LogP contribution in [0.2, 0.25) is 0 Å². The molecule has 0 bridgehead atoms. The number of aromatic nitrogens is 2. The highest BCUT2D eigenvalue weighted by Crippen LogP contribution is 2.27. The van der Waals surface area contributed by atoms with Gasteiger partial charge in [-0.3, -0.25) is 14.3 Å². The van der Waals surface area contributed by atoms with E-state index in [1.807, 2.05) is 0 Å². The lowest BCUT2D eigenvalue weighted by molar-refractivity contribution is -0.0551. The largest absolute Gasteiger partial charge is 0.394 e. The third kappa shape index (κ3) is 1.99. The zero-order valence-corrected chi connectivity index (χ0v) is 9.61. The third-order valence-electron chi connectivity index (χ3n) is 2.94. The number of hydrogen-bond acceptors (Lipinski definition) is 6. The summed E-state index contributed by atoms with van der Waals surface area (Å²) in [6, 6.07) is 0. The number of ether oxygens (including phenoxy) is 1.